The first kappa shape index (κ1) is 19.4. The van der Waals surface area contributed by atoms with E-state index in [1.807, 2.05) is 0 Å². The molecule has 1 N–H and O–H groups in total. The summed E-state index contributed by atoms with van der Waals surface area (Å²) in [6.07, 6.45) is 3.32. The number of benzene rings is 1. The summed E-state index contributed by atoms with van der Waals surface area (Å²) in [6, 6.07) is 7.95. The van der Waals surface area contributed by atoms with Gasteiger partial charge in [0.1, 0.15) is 11.4 Å². The second-order valence-electron chi connectivity index (χ2n) is 6.63. The van der Waals surface area contributed by atoms with Gasteiger partial charge in [-0.25, -0.2) is 13.1 Å². The monoisotopic (exact) mass is 392 g/mol. The lowest BCUT2D eigenvalue weighted by Gasteiger charge is -2.32. The summed E-state index contributed by atoms with van der Waals surface area (Å²) in [5, 5.41) is 4.03. The lowest BCUT2D eigenvalue weighted by Crippen LogP contribution is -2.44. The molecular weight excluding hydrogens is 368 g/mol. The van der Waals surface area contributed by atoms with Gasteiger partial charge in [-0.1, -0.05) is 0 Å². The van der Waals surface area contributed by atoms with Crippen LogP contribution in [0.15, 0.2) is 41.4 Å². The minimum Gasteiger partial charge on any atom is -0.497 e. The van der Waals surface area contributed by atoms with Crippen LogP contribution in [0.5, 0.6) is 5.75 Å². The number of likely N-dealkylation sites (tertiary alicyclic amines) is 1. The van der Waals surface area contributed by atoms with Gasteiger partial charge in [0.2, 0.25) is 10.0 Å². The fourth-order valence-electron chi connectivity index (χ4n) is 3.23. The summed E-state index contributed by atoms with van der Waals surface area (Å²) in [5.74, 6) is 0.604. The van der Waals surface area contributed by atoms with Crippen molar-refractivity contribution in [3.63, 3.8) is 0 Å². The number of hydrogen-bond donors (Lipinski definition) is 1. The lowest BCUT2D eigenvalue weighted by molar-refractivity contribution is 0.0665. The Bertz CT molecular complexity index is 892. The number of hydrogen-bond acceptors (Lipinski definition) is 5. The second kappa shape index (κ2) is 8.10. The van der Waals surface area contributed by atoms with Crippen LogP contribution < -0.4 is 9.46 Å². The zero-order valence-electron chi connectivity index (χ0n) is 15.5. The van der Waals surface area contributed by atoms with Crippen LogP contribution in [0.4, 0.5) is 0 Å². The molecule has 1 aromatic carbocycles. The van der Waals surface area contributed by atoms with E-state index in [0.29, 0.717) is 31.1 Å². The third kappa shape index (κ3) is 4.48. The van der Waals surface area contributed by atoms with Gasteiger partial charge in [-0.3, -0.25) is 9.48 Å². The number of nitrogens with zero attached hydrogens (tertiary/aromatic N) is 3. The number of piperidine rings is 1. The number of amides is 1. The fourth-order valence-corrected chi connectivity index (χ4v) is 4.34. The van der Waals surface area contributed by atoms with Crippen molar-refractivity contribution in [3.05, 3.63) is 42.2 Å². The third-order valence-corrected chi connectivity index (χ3v) is 6.22. The fraction of sp³-hybridized carbons (Fsp3) is 0.444. The molecule has 9 heteroatoms. The molecule has 0 saturated carbocycles. The molecule has 3 rings (SSSR count). The van der Waals surface area contributed by atoms with Crippen LogP contribution in [0, 0.1) is 5.92 Å². The quantitative estimate of drug-likeness (QED) is 0.799. The number of ether oxygens (including phenoxy) is 1. The van der Waals surface area contributed by atoms with Crippen molar-refractivity contribution < 1.29 is 17.9 Å². The van der Waals surface area contributed by atoms with Gasteiger partial charge >= 0.3 is 0 Å². The summed E-state index contributed by atoms with van der Waals surface area (Å²) < 4.78 is 34.2. The van der Waals surface area contributed by atoms with E-state index in [2.05, 4.69) is 9.82 Å². The van der Waals surface area contributed by atoms with Crippen molar-refractivity contribution in [2.45, 2.75) is 17.7 Å². The first-order valence-corrected chi connectivity index (χ1v) is 10.3. The number of aryl methyl sites for hydroxylation is 1. The Kier molecular flexibility index (Phi) is 5.81. The molecule has 8 nitrogen and oxygen atoms in total. The molecule has 1 aliphatic heterocycles. The summed E-state index contributed by atoms with van der Waals surface area (Å²) >= 11 is 0. The van der Waals surface area contributed by atoms with E-state index < -0.39 is 10.0 Å². The van der Waals surface area contributed by atoms with Crippen LogP contribution in [0.2, 0.25) is 0 Å². The van der Waals surface area contributed by atoms with Crippen LogP contribution in [0.1, 0.15) is 23.3 Å². The van der Waals surface area contributed by atoms with E-state index in [9.17, 15) is 13.2 Å². The normalized spacial score (nSPS) is 17.7. The van der Waals surface area contributed by atoms with Gasteiger partial charge in [-0.2, -0.15) is 5.10 Å². The minimum atomic E-state index is -3.60. The number of aromatic nitrogens is 2. The molecule has 146 valence electrons. The number of sulfonamides is 1. The highest BCUT2D eigenvalue weighted by Crippen LogP contribution is 2.20. The maximum absolute atomic E-state index is 12.6. The minimum absolute atomic E-state index is 0.0716. The predicted octanol–water partition coefficient (Wildman–Crippen LogP) is 1.26. The maximum Gasteiger partial charge on any atom is 0.272 e. The molecule has 0 spiro atoms. The van der Waals surface area contributed by atoms with Crippen LogP contribution >= 0.6 is 0 Å². The van der Waals surface area contributed by atoms with E-state index in [1.165, 1.54) is 19.2 Å². The highest BCUT2D eigenvalue weighted by Gasteiger charge is 2.27. The number of carbonyl (C=O) groups excluding carboxylic acids is 1. The molecule has 1 fully saturated rings. The number of methoxy groups -OCH3 is 1. The van der Waals surface area contributed by atoms with Crippen LogP contribution in [-0.4, -0.2) is 55.7 Å². The molecule has 27 heavy (non-hydrogen) atoms. The molecule has 2 aromatic rings. The molecule has 0 unspecified atom stereocenters. The number of carbonyl (C=O) groups is 1. The molecule has 1 saturated heterocycles. The SMILES string of the molecule is COc1ccc(S(=O)(=O)NC[C@H]2CCCN(C(=O)c3ccnn3C)C2)cc1. The Morgan fingerprint density at radius 1 is 1.30 bits per heavy atom. The van der Waals surface area contributed by atoms with E-state index in [-0.39, 0.29) is 16.7 Å². The van der Waals surface area contributed by atoms with Crippen molar-refractivity contribution in [2.24, 2.45) is 13.0 Å². The Balaban J connectivity index is 1.60. The van der Waals surface area contributed by atoms with E-state index >= 15 is 0 Å². The Morgan fingerprint density at radius 3 is 2.67 bits per heavy atom. The summed E-state index contributed by atoms with van der Waals surface area (Å²) in [4.78, 5) is 14.6. The first-order valence-electron chi connectivity index (χ1n) is 8.81. The van der Waals surface area contributed by atoms with E-state index in [1.54, 1.807) is 41.0 Å². The smallest absolute Gasteiger partial charge is 0.272 e. The summed E-state index contributed by atoms with van der Waals surface area (Å²) in [6.45, 7) is 1.49. The molecule has 0 aliphatic carbocycles. The Hall–Kier alpha value is -2.39. The van der Waals surface area contributed by atoms with Gasteiger partial charge < -0.3 is 9.64 Å². The summed E-state index contributed by atoms with van der Waals surface area (Å²) in [5.41, 5.74) is 0.537. The largest absolute Gasteiger partial charge is 0.497 e. The van der Waals surface area contributed by atoms with Crippen molar-refractivity contribution in [2.75, 3.05) is 26.7 Å². The third-order valence-electron chi connectivity index (χ3n) is 4.78. The molecule has 1 atom stereocenters. The van der Waals surface area contributed by atoms with Crippen molar-refractivity contribution in [1.82, 2.24) is 19.4 Å². The maximum atomic E-state index is 12.6. The van der Waals surface area contributed by atoms with Gasteiger partial charge in [0.05, 0.1) is 12.0 Å². The standard InChI is InChI=1S/C18H24N4O4S/c1-21-17(9-10-19-21)18(23)22-11-3-4-14(13-22)12-20-27(24,25)16-7-5-15(26-2)6-8-16/h5-10,14,20H,3-4,11-13H2,1-2H3/t14-/m1/s1. The molecule has 0 radical (unpaired) electrons. The van der Waals surface area contributed by atoms with Crippen LogP contribution in [0.25, 0.3) is 0 Å². The molecular formula is C18H24N4O4S. The van der Waals surface area contributed by atoms with Crippen LogP contribution in [-0.2, 0) is 17.1 Å². The summed E-state index contributed by atoms with van der Waals surface area (Å²) in [7, 11) is -0.330. The van der Waals surface area contributed by atoms with Gasteiger partial charge in [-0.05, 0) is 49.1 Å². The number of nitrogens with one attached hydrogen (secondary N) is 1. The van der Waals surface area contributed by atoms with Crippen LogP contribution in [0.3, 0.4) is 0 Å². The van der Waals surface area contributed by atoms with Gasteiger partial charge in [0.25, 0.3) is 5.91 Å². The van der Waals surface area contributed by atoms with E-state index in [0.717, 1.165) is 12.8 Å². The highest BCUT2D eigenvalue weighted by molar-refractivity contribution is 7.89. The van der Waals surface area contributed by atoms with Gasteiger partial charge in [0, 0.05) is 32.9 Å². The second-order valence-corrected chi connectivity index (χ2v) is 8.39. The highest BCUT2D eigenvalue weighted by atomic mass is 32.2. The molecule has 1 amide bonds. The first-order chi connectivity index (χ1) is 12.9. The van der Waals surface area contributed by atoms with Crippen molar-refractivity contribution in [1.29, 1.82) is 0 Å². The predicted molar refractivity (Wildman–Crippen MR) is 100 cm³/mol. The molecule has 1 aliphatic rings. The van der Waals surface area contributed by atoms with E-state index in [4.69, 9.17) is 4.74 Å². The number of rotatable bonds is 6. The Morgan fingerprint density at radius 2 is 2.04 bits per heavy atom. The zero-order chi connectivity index (χ0) is 19.4. The molecule has 1 aromatic heterocycles. The zero-order valence-corrected chi connectivity index (χ0v) is 16.3. The molecule has 0 bridgehead atoms. The van der Waals surface area contributed by atoms with Crippen molar-refractivity contribution >= 4 is 15.9 Å². The lowest BCUT2D eigenvalue weighted by atomic mass is 9.98. The van der Waals surface area contributed by atoms with Gasteiger partial charge in [-0.15, -0.1) is 0 Å². The average Bonchev–Trinajstić information content (AvgIpc) is 3.12. The van der Waals surface area contributed by atoms with Gasteiger partial charge in [0.15, 0.2) is 0 Å². The molecule has 2 heterocycles. The average molecular weight is 392 g/mol. The Labute approximate surface area is 159 Å². The van der Waals surface area contributed by atoms with Crippen molar-refractivity contribution in [3.8, 4) is 5.75 Å². The topological polar surface area (TPSA) is 93.5 Å².